The maximum absolute atomic E-state index is 13.9. The van der Waals surface area contributed by atoms with Crippen LogP contribution < -0.4 is 0 Å². The first-order valence-corrected chi connectivity index (χ1v) is 10.3. The number of carbonyl (C=O) groups excluding carboxylic acids is 1. The van der Waals surface area contributed by atoms with Crippen LogP contribution in [0.1, 0.15) is 30.5 Å². The van der Waals surface area contributed by atoms with Gasteiger partial charge in [0.05, 0.1) is 6.04 Å². The molecular weight excluding hydrogens is 367 g/mol. The van der Waals surface area contributed by atoms with Crippen molar-refractivity contribution in [1.82, 2.24) is 19.8 Å². The van der Waals surface area contributed by atoms with E-state index in [0.29, 0.717) is 18.3 Å². The summed E-state index contributed by atoms with van der Waals surface area (Å²) in [4.78, 5) is 24.7. The van der Waals surface area contributed by atoms with E-state index in [0.717, 1.165) is 42.8 Å². The molecule has 0 aliphatic carbocycles. The molecule has 150 valence electrons. The fourth-order valence-electron chi connectivity index (χ4n) is 5.23. The molecule has 2 saturated heterocycles. The molecule has 5 nitrogen and oxygen atoms in total. The Labute approximate surface area is 169 Å². The number of likely N-dealkylation sites (tertiary alicyclic amines) is 2. The Bertz CT molecular complexity index is 1050. The van der Waals surface area contributed by atoms with Gasteiger partial charge in [0.15, 0.2) is 0 Å². The van der Waals surface area contributed by atoms with Gasteiger partial charge in [-0.05, 0) is 41.3 Å². The third-order valence-corrected chi connectivity index (χ3v) is 6.48. The minimum absolute atomic E-state index is 0.0437. The number of rotatable bonds is 4. The van der Waals surface area contributed by atoms with Gasteiger partial charge >= 0.3 is 0 Å². The van der Waals surface area contributed by atoms with E-state index in [9.17, 15) is 9.18 Å². The van der Waals surface area contributed by atoms with Gasteiger partial charge in [0.25, 0.3) is 0 Å². The molecule has 1 N–H and O–H groups in total. The standard InChI is InChI=1S/C23H25FN4O/c1-2-21(29)28-13-17-12-27(11-16-10-26-23-19(16)7-4-8-25-23)14-20(17)22(28)15-5-3-6-18(24)9-15/h3-10,17,20,22H,2,11-14H2,1H3,(H,25,26)/t17-,20-,22-/m0/s1. The van der Waals surface area contributed by atoms with E-state index in [-0.39, 0.29) is 17.8 Å². The number of amides is 1. The number of fused-ring (bicyclic) bond motifs is 2. The molecule has 0 radical (unpaired) electrons. The number of hydrogen-bond acceptors (Lipinski definition) is 3. The first-order chi connectivity index (χ1) is 14.1. The number of nitrogens with one attached hydrogen (secondary N) is 1. The van der Waals surface area contributed by atoms with Crippen LogP contribution in [0.2, 0.25) is 0 Å². The largest absolute Gasteiger partial charge is 0.346 e. The summed E-state index contributed by atoms with van der Waals surface area (Å²) in [6, 6.07) is 10.8. The number of aromatic amines is 1. The van der Waals surface area contributed by atoms with Crippen LogP contribution in [-0.2, 0) is 11.3 Å². The lowest BCUT2D eigenvalue weighted by Crippen LogP contribution is -2.35. The third kappa shape index (κ3) is 3.21. The maximum atomic E-state index is 13.9. The van der Waals surface area contributed by atoms with Crippen LogP contribution in [0.5, 0.6) is 0 Å². The molecule has 5 rings (SSSR count). The quantitative estimate of drug-likeness (QED) is 0.736. The molecule has 4 heterocycles. The van der Waals surface area contributed by atoms with Crippen molar-refractivity contribution in [3.05, 3.63) is 65.7 Å². The van der Waals surface area contributed by atoms with Gasteiger partial charge in [-0.25, -0.2) is 9.37 Å². The fourth-order valence-corrected chi connectivity index (χ4v) is 5.23. The number of carbonyl (C=O) groups is 1. The van der Waals surface area contributed by atoms with Crippen LogP contribution >= 0.6 is 0 Å². The summed E-state index contributed by atoms with van der Waals surface area (Å²) in [6.45, 7) is 5.38. The Morgan fingerprint density at radius 1 is 1.24 bits per heavy atom. The zero-order valence-corrected chi connectivity index (χ0v) is 16.5. The number of pyridine rings is 1. The summed E-state index contributed by atoms with van der Waals surface area (Å²) in [6.07, 6.45) is 4.33. The van der Waals surface area contributed by atoms with Crippen LogP contribution in [0.3, 0.4) is 0 Å². The molecule has 0 saturated carbocycles. The Balaban J connectivity index is 1.40. The molecule has 1 amide bonds. The lowest BCUT2D eigenvalue weighted by atomic mass is 9.89. The summed E-state index contributed by atoms with van der Waals surface area (Å²) in [7, 11) is 0. The van der Waals surface area contributed by atoms with Crippen LogP contribution in [0, 0.1) is 17.7 Å². The molecule has 2 aromatic heterocycles. The highest BCUT2D eigenvalue weighted by Crippen LogP contribution is 2.45. The summed E-state index contributed by atoms with van der Waals surface area (Å²) < 4.78 is 13.9. The summed E-state index contributed by atoms with van der Waals surface area (Å²) in [5, 5.41) is 1.16. The number of H-pyrrole nitrogens is 1. The van der Waals surface area contributed by atoms with Crippen molar-refractivity contribution in [2.75, 3.05) is 19.6 Å². The SMILES string of the molecule is CCC(=O)N1C[C@@H]2CN(Cc3c[nH]c4ncccc34)C[C@@H]2[C@@H]1c1cccc(F)c1. The Hall–Kier alpha value is -2.73. The Morgan fingerprint density at radius 2 is 2.14 bits per heavy atom. The van der Waals surface area contributed by atoms with Crippen molar-refractivity contribution in [2.45, 2.75) is 25.9 Å². The molecule has 2 aliphatic heterocycles. The normalized spacial score (nSPS) is 24.3. The van der Waals surface area contributed by atoms with Gasteiger partial charge in [-0.1, -0.05) is 19.1 Å². The van der Waals surface area contributed by atoms with E-state index < -0.39 is 0 Å². The second-order valence-corrected chi connectivity index (χ2v) is 8.23. The second kappa shape index (κ2) is 7.26. The van der Waals surface area contributed by atoms with Gasteiger partial charge < -0.3 is 9.88 Å². The summed E-state index contributed by atoms with van der Waals surface area (Å²) in [5.41, 5.74) is 3.08. The van der Waals surface area contributed by atoms with Gasteiger partial charge in [-0.3, -0.25) is 9.69 Å². The van der Waals surface area contributed by atoms with Gasteiger partial charge in [-0.2, -0.15) is 0 Å². The van der Waals surface area contributed by atoms with Crippen molar-refractivity contribution >= 4 is 16.9 Å². The van der Waals surface area contributed by atoms with Crippen molar-refractivity contribution < 1.29 is 9.18 Å². The van der Waals surface area contributed by atoms with Crippen LogP contribution in [0.4, 0.5) is 4.39 Å². The minimum atomic E-state index is -0.240. The summed E-state index contributed by atoms with van der Waals surface area (Å²) in [5.74, 6) is 0.664. The Morgan fingerprint density at radius 3 is 2.97 bits per heavy atom. The predicted molar refractivity (Wildman–Crippen MR) is 109 cm³/mol. The van der Waals surface area contributed by atoms with E-state index in [1.165, 1.54) is 11.6 Å². The third-order valence-electron chi connectivity index (χ3n) is 6.48. The zero-order chi connectivity index (χ0) is 20.0. The monoisotopic (exact) mass is 392 g/mol. The second-order valence-electron chi connectivity index (χ2n) is 8.23. The van der Waals surface area contributed by atoms with Crippen molar-refractivity contribution in [2.24, 2.45) is 11.8 Å². The molecule has 3 aromatic rings. The molecule has 2 aliphatic rings. The number of nitrogens with zero attached hydrogens (tertiary/aromatic N) is 3. The molecule has 0 bridgehead atoms. The van der Waals surface area contributed by atoms with E-state index in [2.05, 4.69) is 20.9 Å². The number of hydrogen-bond donors (Lipinski definition) is 1. The molecule has 6 heteroatoms. The highest BCUT2D eigenvalue weighted by molar-refractivity contribution is 5.79. The van der Waals surface area contributed by atoms with Gasteiger partial charge in [-0.15, -0.1) is 0 Å². The molecule has 0 spiro atoms. The van der Waals surface area contributed by atoms with Crippen LogP contribution in [0.15, 0.2) is 48.8 Å². The van der Waals surface area contributed by atoms with Crippen LogP contribution in [0.25, 0.3) is 11.0 Å². The van der Waals surface area contributed by atoms with Crippen LogP contribution in [-0.4, -0.2) is 45.3 Å². The molecule has 2 fully saturated rings. The first-order valence-electron chi connectivity index (χ1n) is 10.3. The van der Waals surface area contributed by atoms with E-state index in [1.54, 1.807) is 18.3 Å². The minimum Gasteiger partial charge on any atom is -0.346 e. The van der Waals surface area contributed by atoms with E-state index in [4.69, 9.17) is 0 Å². The molecule has 3 atom stereocenters. The highest BCUT2D eigenvalue weighted by Gasteiger charge is 2.48. The van der Waals surface area contributed by atoms with Crippen molar-refractivity contribution in [3.8, 4) is 0 Å². The maximum Gasteiger partial charge on any atom is 0.222 e. The lowest BCUT2D eigenvalue weighted by molar-refractivity contribution is -0.132. The van der Waals surface area contributed by atoms with Crippen molar-refractivity contribution in [3.63, 3.8) is 0 Å². The van der Waals surface area contributed by atoms with Crippen molar-refractivity contribution in [1.29, 1.82) is 0 Å². The molecule has 1 aromatic carbocycles. The van der Waals surface area contributed by atoms with Gasteiger partial charge in [0.1, 0.15) is 11.5 Å². The first kappa shape index (κ1) is 18.3. The highest BCUT2D eigenvalue weighted by atomic mass is 19.1. The lowest BCUT2D eigenvalue weighted by Gasteiger charge is -2.30. The van der Waals surface area contributed by atoms with Gasteiger partial charge in [0.2, 0.25) is 5.91 Å². The summed E-state index contributed by atoms with van der Waals surface area (Å²) >= 11 is 0. The van der Waals surface area contributed by atoms with Gasteiger partial charge in [0, 0.05) is 56.3 Å². The molecular formula is C23H25FN4O. The molecule has 0 unspecified atom stereocenters. The average Bonchev–Trinajstić information content (AvgIpc) is 3.40. The number of halogens is 1. The van der Waals surface area contributed by atoms with E-state index in [1.807, 2.05) is 30.2 Å². The predicted octanol–water partition coefficient (Wildman–Crippen LogP) is 3.74. The fraction of sp³-hybridized carbons (Fsp3) is 0.391. The Kier molecular flexibility index (Phi) is 4.59. The van der Waals surface area contributed by atoms with E-state index >= 15 is 0 Å². The molecule has 29 heavy (non-hydrogen) atoms. The number of benzene rings is 1. The topological polar surface area (TPSA) is 52.2 Å². The number of aromatic nitrogens is 2. The zero-order valence-electron chi connectivity index (χ0n) is 16.5. The smallest absolute Gasteiger partial charge is 0.222 e. The average molecular weight is 392 g/mol.